The Labute approximate surface area is 170 Å². The van der Waals surface area contributed by atoms with Crippen LogP contribution in [-0.2, 0) is 18.4 Å². The lowest BCUT2D eigenvalue weighted by molar-refractivity contribution is 0.0589. The van der Waals surface area contributed by atoms with E-state index < -0.39 is 53.3 Å². The van der Waals surface area contributed by atoms with E-state index in [2.05, 4.69) is 19.9 Å². The molecule has 0 fully saturated rings. The van der Waals surface area contributed by atoms with Crippen molar-refractivity contribution in [2.75, 3.05) is 12.4 Å². The van der Waals surface area contributed by atoms with Crippen LogP contribution < -0.4 is 10.1 Å². The van der Waals surface area contributed by atoms with Crippen LogP contribution in [0.4, 0.5) is 27.6 Å². The van der Waals surface area contributed by atoms with Crippen molar-refractivity contribution in [3.05, 3.63) is 64.6 Å². The van der Waals surface area contributed by atoms with Crippen LogP contribution in [0.15, 0.2) is 22.7 Å². The Morgan fingerprint density at radius 1 is 1.06 bits per heavy atom. The molecule has 0 unspecified atom stereocenters. The molecule has 3 rings (SSSR count). The third-order valence-corrected chi connectivity index (χ3v) is 3.98. The molecule has 2 heterocycles. The van der Waals surface area contributed by atoms with Crippen LogP contribution in [0.3, 0.4) is 0 Å². The summed E-state index contributed by atoms with van der Waals surface area (Å²) in [6.07, 6.45) is 1.19. The van der Waals surface area contributed by atoms with Gasteiger partial charge in [-0.2, -0.15) is 13.9 Å². The largest absolute Gasteiger partial charge is 0.479 e. The number of nitrogens with one attached hydrogen (secondary N) is 1. The summed E-state index contributed by atoms with van der Waals surface area (Å²) in [4.78, 5) is 24.1. The van der Waals surface area contributed by atoms with Crippen molar-refractivity contribution in [3.63, 3.8) is 0 Å². The maximum atomic E-state index is 13.6. The van der Waals surface area contributed by atoms with E-state index in [1.54, 1.807) is 0 Å². The first-order valence-corrected chi connectivity index (χ1v) is 8.30. The van der Waals surface area contributed by atoms with E-state index in [1.807, 2.05) is 0 Å². The fraction of sp³-hybridized carbons (Fsp3) is 0.167. The van der Waals surface area contributed by atoms with Gasteiger partial charge in [0.05, 0.1) is 19.0 Å². The SMILES string of the molecule is COC(=O)c1c(NC(=O)c2ccc(COc3c(F)c(F)c(F)c(F)c3F)o2)cnn1C. The van der Waals surface area contributed by atoms with Gasteiger partial charge in [-0.15, -0.1) is 0 Å². The van der Waals surface area contributed by atoms with E-state index in [0.29, 0.717) is 0 Å². The minimum Gasteiger partial charge on any atom is -0.479 e. The molecular weight excluding hydrogens is 433 g/mol. The van der Waals surface area contributed by atoms with E-state index in [1.165, 1.54) is 30.1 Å². The highest BCUT2D eigenvalue weighted by atomic mass is 19.2. The number of carbonyl (C=O) groups excluding carboxylic acids is 2. The number of nitrogens with zero attached hydrogens (tertiary/aromatic N) is 2. The summed E-state index contributed by atoms with van der Waals surface area (Å²) in [7, 11) is 2.59. The lowest BCUT2D eigenvalue weighted by Crippen LogP contribution is -2.16. The van der Waals surface area contributed by atoms with Gasteiger partial charge in [0.1, 0.15) is 12.4 Å². The van der Waals surface area contributed by atoms with Gasteiger partial charge in [0, 0.05) is 7.05 Å². The molecule has 1 aromatic carbocycles. The van der Waals surface area contributed by atoms with Crippen molar-refractivity contribution < 1.29 is 45.4 Å². The first kappa shape index (κ1) is 21.8. The number of aryl methyl sites for hydroxylation is 1. The molecule has 8 nitrogen and oxygen atoms in total. The second kappa shape index (κ2) is 8.45. The molecule has 0 aliphatic carbocycles. The van der Waals surface area contributed by atoms with Crippen molar-refractivity contribution in [1.82, 2.24) is 9.78 Å². The van der Waals surface area contributed by atoms with Gasteiger partial charge in [-0.05, 0) is 12.1 Å². The number of furan rings is 1. The van der Waals surface area contributed by atoms with Gasteiger partial charge in [0.2, 0.25) is 29.1 Å². The minimum atomic E-state index is -2.32. The lowest BCUT2D eigenvalue weighted by atomic mass is 10.2. The van der Waals surface area contributed by atoms with Crippen LogP contribution in [-0.4, -0.2) is 28.8 Å². The van der Waals surface area contributed by atoms with Crippen molar-refractivity contribution in [3.8, 4) is 5.75 Å². The monoisotopic (exact) mass is 445 g/mol. The standard InChI is InChI=1S/C18H12F5N3O5/c1-26-15(18(28)29-2)8(5-24-26)25-17(27)9-4-3-7(31-9)6-30-16-13(22)11(20)10(19)12(21)14(16)23/h3-5H,6H2,1-2H3,(H,25,27). The first-order valence-electron chi connectivity index (χ1n) is 8.30. The normalized spacial score (nSPS) is 10.8. The zero-order chi connectivity index (χ0) is 22.9. The number of carbonyl (C=O) groups is 2. The summed E-state index contributed by atoms with van der Waals surface area (Å²) in [5.41, 5.74) is -0.0211. The molecule has 0 aliphatic rings. The van der Waals surface area contributed by atoms with Crippen LogP contribution in [0.5, 0.6) is 5.75 Å². The number of esters is 1. The average molecular weight is 445 g/mol. The maximum absolute atomic E-state index is 13.6. The number of anilines is 1. The third kappa shape index (κ3) is 4.06. The average Bonchev–Trinajstić information content (AvgIpc) is 3.37. The Hall–Kier alpha value is -3.90. The maximum Gasteiger partial charge on any atom is 0.358 e. The molecule has 2 aromatic heterocycles. The predicted molar refractivity (Wildman–Crippen MR) is 91.8 cm³/mol. The van der Waals surface area contributed by atoms with E-state index in [9.17, 15) is 31.5 Å². The molecule has 0 aliphatic heterocycles. The van der Waals surface area contributed by atoms with Crippen molar-refractivity contribution in [2.24, 2.45) is 7.05 Å². The Morgan fingerprint density at radius 3 is 2.29 bits per heavy atom. The zero-order valence-corrected chi connectivity index (χ0v) is 15.8. The van der Waals surface area contributed by atoms with Gasteiger partial charge in [-0.25, -0.2) is 18.0 Å². The number of hydrogen-bond donors (Lipinski definition) is 1. The van der Waals surface area contributed by atoms with Gasteiger partial charge in [-0.1, -0.05) is 0 Å². The minimum absolute atomic E-state index is 0.0231. The van der Waals surface area contributed by atoms with Crippen LogP contribution >= 0.6 is 0 Å². The van der Waals surface area contributed by atoms with E-state index in [-0.39, 0.29) is 22.9 Å². The van der Waals surface area contributed by atoms with Crippen LogP contribution in [0.2, 0.25) is 0 Å². The van der Waals surface area contributed by atoms with Gasteiger partial charge in [0.25, 0.3) is 5.91 Å². The van der Waals surface area contributed by atoms with Crippen molar-refractivity contribution in [1.29, 1.82) is 0 Å². The summed E-state index contributed by atoms with van der Waals surface area (Å²) >= 11 is 0. The molecule has 31 heavy (non-hydrogen) atoms. The highest BCUT2D eigenvalue weighted by molar-refractivity contribution is 6.06. The molecule has 0 bridgehead atoms. The molecular formula is C18H12F5N3O5. The Morgan fingerprint density at radius 2 is 1.68 bits per heavy atom. The smallest absolute Gasteiger partial charge is 0.358 e. The molecule has 1 N–H and O–H groups in total. The molecule has 0 spiro atoms. The summed E-state index contributed by atoms with van der Waals surface area (Å²) < 4.78 is 82.3. The van der Waals surface area contributed by atoms with E-state index in [0.717, 1.165) is 7.11 Å². The van der Waals surface area contributed by atoms with E-state index in [4.69, 9.17) is 4.42 Å². The number of ether oxygens (including phenoxy) is 2. The molecule has 0 radical (unpaired) electrons. The van der Waals surface area contributed by atoms with Gasteiger partial charge in [0.15, 0.2) is 17.2 Å². The summed E-state index contributed by atoms with van der Waals surface area (Å²) in [5, 5.41) is 6.20. The van der Waals surface area contributed by atoms with Gasteiger partial charge in [-0.3, -0.25) is 9.48 Å². The molecule has 0 atom stereocenters. The third-order valence-electron chi connectivity index (χ3n) is 3.98. The lowest BCUT2D eigenvalue weighted by Gasteiger charge is -2.09. The molecule has 164 valence electrons. The predicted octanol–water partition coefficient (Wildman–Crippen LogP) is 3.33. The Balaban J connectivity index is 1.74. The number of aromatic nitrogens is 2. The summed E-state index contributed by atoms with van der Waals surface area (Å²) in [6.45, 7) is -0.744. The van der Waals surface area contributed by atoms with Crippen LogP contribution in [0.25, 0.3) is 0 Å². The molecule has 3 aromatic rings. The van der Waals surface area contributed by atoms with Crippen molar-refractivity contribution >= 4 is 17.6 Å². The summed E-state index contributed by atoms with van der Waals surface area (Å²) in [6, 6.07) is 2.35. The molecule has 13 heteroatoms. The fourth-order valence-electron chi connectivity index (χ4n) is 2.48. The quantitative estimate of drug-likeness (QED) is 0.271. The highest BCUT2D eigenvalue weighted by Gasteiger charge is 2.27. The molecule has 0 saturated carbocycles. The van der Waals surface area contributed by atoms with Gasteiger partial charge >= 0.3 is 5.97 Å². The number of rotatable bonds is 6. The number of halogens is 5. The van der Waals surface area contributed by atoms with Crippen LogP contribution in [0, 0.1) is 29.1 Å². The summed E-state index contributed by atoms with van der Waals surface area (Å²) in [5.74, 6) is -14.5. The highest BCUT2D eigenvalue weighted by Crippen LogP contribution is 2.30. The zero-order valence-electron chi connectivity index (χ0n) is 15.8. The number of benzene rings is 1. The van der Waals surface area contributed by atoms with Gasteiger partial charge < -0.3 is 19.2 Å². The Bertz CT molecular complexity index is 1140. The Kier molecular flexibility index (Phi) is 5.95. The number of amides is 1. The topological polar surface area (TPSA) is 95.6 Å². The molecule has 1 amide bonds. The first-order chi connectivity index (χ1) is 14.6. The van der Waals surface area contributed by atoms with E-state index >= 15 is 0 Å². The fourth-order valence-corrected chi connectivity index (χ4v) is 2.48. The second-order valence-electron chi connectivity index (χ2n) is 5.93. The van der Waals surface area contributed by atoms with Crippen LogP contribution in [0.1, 0.15) is 26.8 Å². The molecule has 0 saturated heterocycles. The number of hydrogen-bond acceptors (Lipinski definition) is 6. The van der Waals surface area contributed by atoms with Crippen molar-refractivity contribution in [2.45, 2.75) is 6.61 Å². The second-order valence-corrected chi connectivity index (χ2v) is 5.93. The number of methoxy groups -OCH3 is 1.